The zero-order valence-corrected chi connectivity index (χ0v) is 7.61. The summed E-state index contributed by atoms with van der Waals surface area (Å²) in [5.41, 5.74) is 5.22. The number of nitrogens with two attached hydrogens (primary N) is 1. The topological polar surface area (TPSA) is 102 Å². The molecule has 0 aromatic heterocycles. The standard InChI is InChI=1S/C7H14N2O4/c1-4(8)6(11)9-3-5(10)7(12)13-2/h4-5,10H,3,8H2,1-2H3,(H,9,11). The zero-order valence-electron chi connectivity index (χ0n) is 7.61. The van der Waals surface area contributed by atoms with Crippen LogP contribution in [0.3, 0.4) is 0 Å². The zero-order chi connectivity index (χ0) is 10.4. The molecule has 13 heavy (non-hydrogen) atoms. The van der Waals surface area contributed by atoms with Crippen LogP contribution < -0.4 is 11.1 Å². The summed E-state index contributed by atoms with van der Waals surface area (Å²) >= 11 is 0. The highest BCUT2D eigenvalue weighted by atomic mass is 16.5. The molecule has 0 aliphatic carbocycles. The van der Waals surface area contributed by atoms with Gasteiger partial charge in [-0.15, -0.1) is 0 Å². The van der Waals surface area contributed by atoms with Gasteiger partial charge in [-0.25, -0.2) is 4.79 Å². The van der Waals surface area contributed by atoms with Crippen LogP contribution in [-0.2, 0) is 14.3 Å². The Bertz CT molecular complexity index is 193. The van der Waals surface area contributed by atoms with Crippen molar-refractivity contribution in [1.29, 1.82) is 0 Å². The third kappa shape index (κ3) is 4.44. The van der Waals surface area contributed by atoms with Gasteiger partial charge < -0.3 is 20.9 Å². The number of esters is 1. The minimum absolute atomic E-state index is 0.187. The third-order valence-corrected chi connectivity index (χ3v) is 1.36. The van der Waals surface area contributed by atoms with Crippen molar-refractivity contribution in [2.45, 2.75) is 19.1 Å². The molecule has 0 fully saturated rings. The average Bonchev–Trinajstić information content (AvgIpc) is 2.11. The van der Waals surface area contributed by atoms with E-state index in [2.05, 4.69) is 10.1 Å². The average molecular weight is 190 g/mol. The van der Waals surface area contributed by atoms with Gasteiger partial charge in [-0.05, 0) is 6.92 Å². The lowest BCUT2D eigenvalue weighted by Gasteiger charge is -2.10. The summed E-state index contributed by atoms with van der Waals surface area (Å²) in [6.45, 7) is 1.31. The summed E-state index contributed by atoms with van der Waals surface area (Å²) in [5.74, 6) is -1.21. The van der Waals surface area contributed by atoms with E-state index in [0.29, 0.717) is 0 Å². The molecule has 6 nitrogen and oxygen atoms in total. The highest BCUT2D eigenvalue weighted by Gasteiger charge is 2.16. The summed E-state index contributed by atoms with van der Waals surface area (Å²) in [5, 5.41) is 11.3. The second kappa shape index (κ2) is 5.50. The van der Waals surface area contributed by atoms with Crippen molar-refractivity contribution in [2.75, 3.05) is 13.7 Å². The van der Waals surface area contributed by atoms with Crippen molar-refractivity contribution < 1.29 is 19.4 Å². The first-order chi connectivity index (χ1) is 5.99. The van der Waals surface area contributed by atoms with Crippen LogP contribution in [-0.4, -0.2) is 42.8 Å². The van der Waals surface area contributed by atoms with Crippen LogP contribution in [0.25, 0.3) is 0 Å². The lowest BCUT2D eigenvalue weighted by molar-refractivity contribution is -0.150. The fraction of sp³-hybridized carbons (Fsp3) is 0.714. The van der Waals surface area contributed by atoms with E-state index in [0.717, 1.165) is 7.11 Å². The maximum atomic E-state index is 10.9. The molecule has 0 aromatic rings. The monoisotopic (exact) mass is 190 g/mol. The lowest BCUT2D eigenvalue weighted by atomic mass is 10.3. The first-order valence-electron chi connectivity index (χ1n) is 3.78. The summed E-state index contributed by atoms with van der Waals surface area (Å²) in [6.07, 6.45) is -1.34. The van der Waals surface area contributed by atoms with Crippen LogP contribution in [0.15, 0.2) is 0 Å². The molecular formula is C7H14N2O4. The maximum Gasteiger partial charge on any atom is 0.336 e. The van der Waals surface area contributed by atoms with Crippen molar-refractivity contribution in [1.82, 2.24) is 5.32 Å². The van der Waals surface area contributed by atoms with E-state index >= 15 is 0 Å². The van der Waals surface area contributed by atoms with Gasteiger partial charge in [0.25, 0.3) is 0 Å². The molecule has 2 unspecified atom stereocenters. The quantitative estimate of drug-likeness (QED) is 0.444. The van der Waals surface area contributed by atoms with E-state index in [4.69, 9.17) is 10.8 Å². The van der Waals surface area contributed by atoms with Gasteiger partial charge in [-0.2, -0.15) is 0 Å². The van der Waals surface area contributed by atoms with Crippen LogP contribution in [0.1, 0.15) is 6.92 Å². The molecule has 0 saturated carbocycles. The number of carbonyl (C=O) groups is 2. The Labute approximate surface area is 76.0 Å². The van der Waals surface area contributed by atoms with Crippen molar-refractivity contribution in [2.24, 2.45) is 5.73 Å². The molecule has 2 atom stereocenters. The van der Waals surface area contributed by atoms with Crippen LogP contribution in [0.5, 0.6) is 0 Å². The van der Waals surface area contributed by atoms with E-state index < -0.39 is 24.0 Å². The molecule has 1 amide bonds. The Balaban J connectivity index is 3.76. The third-order valence-electron chi connectivity index (χ3n) is 1.36. The molecule has 0 aromatic carbocycles. The SMILES string of the molecule is COC(=O)C(O)CNC(=O)C(C)N. The minimum Gasteiger partial charge on any atom is -0.467 e. The molecule has 0 aliphatic heterocycles. The molecule has 0 bridgehead atoms. The van der Waals surface area contributed by atoms with Gasteiger partial charge in [-0.1, -0.05) is 0 Å². The number of carbonyl (C=O) groups excluding carboxylic acids is 2. The van der Waals surface area contributed by atoms with Gasteiger partial charge in [0.2, 0.25) is 5.91 Å². The Hall–Kier alpha value is -1.14. The second-order valence-electron chi connectivity index (χ2n) is 2.57. The number of aliphatic hydroxyl groups is 1. The summed E-state index contributed by atoms with van der Waals surface area (Å²) in [4.78, 5) is 21.5. The Morgan fingerprint density at radius 3 is 2.54 bits per heavy atom. The smallest absolute Gasteiger partial charge is 0.336 e. The van der Waals surface area contributed by atoms with Gasteiger partial charge in [0.05, 0.1) is 19.7 Å². The van der Waals surface area contributed by atoms with Gasteiger partial charge >= 0.3 is 5.97 Å². The van der Waals surface area contributed by atoms with Crippen LogP contribution in [0.2, 0.25) is 0 Å². The summed E-state index contributed by atoms with van der Waals surface area (Å²) in [6, 6.07) is -0.662. The fourth-order valence-corrected chi connectivity index (χ4v) is 0.578. The van der Waals surface area contributed by atoms with Crippen LogP contribution in [0.4, 0.5) is 0 Å². The molecule has 0 saturated heterocycles. The molecule has 4 N–H and O–H groups in total. The van der Waals surface area contributed by atoms with Gasteiger partial charge in [0.15, 0.2) is 6.10 Å². The van der Waals surface area contributed by atoms with E-state index in [-0.39, 0.29) is 6.54 Å². The number of nitrogens with one attached hydrogen (secondary N) is 1. The first-order valence-corrected chi connectivity index (χ1v) is 3.78. The van der Waals surface area contributed by atoms with Crippen molar-refractivity contribution in [3.63, 3.8) is 0 Å². The number of hydrogen-bond acceptors (Lipinski definition) is 5. The fourth-order valence-electron chi connectivity index (χ4n) is 0.578. The van der Waals surface area contributed by atoms with E-state index in [9.17, 15) is 9.59 Å². The van der Waals surface area contributed by atoms with Gasteiger partial charge in [-0.3, -0.25) is 4.79 Å². The van der Waals surface area contributed by atoms with Crippen LogP contribution in [0, 0.1) is 0 Å². The molecule has 0 radical (unpaired) electrons. The van der Waals surface area contributed by atoms with Gasteiger partial charge in [0, 0.05) is 0 Å². The van der Waals surface area contributed by atoms with Crippen molar-refractivity contribution in [3.8, 4) is 0 Å². The largest absolute Gasteiger partial charge is 0.467 e. The minimum atomic E-state index is -1.34. The first kappa shape index (κ1) is 11.9. The van der Waals surface area contributed by atoms with E-state index in [1.165, 1.54) is 6.92 Å². The highest BCUT2D eigenvalue weighted by Crippen LogP contribution is 1.85. The normalized spacial score (nSPS) is 14.5. The Morgan fingerprint density at radius 1 is 1.62 bits per heavy atom. The predicted octanol–water partition coefficient (Wildman–Crippen LogP) is -2.02. The number of amides is 1. The van der Waals surface area contributed by atoms with Gasteiger partial charge in [0.1, 0.15) is 0 Å². The van der Waals surface area contributed by atoms with E-state index in [1.54, 1.807) is 0 Å². The van der Waals surface area contributed by atoms with E-state index in [1.807, 2.05) is 0 Å². The maximum absolute atomic E-state index is 10.9. The molecule has 6 heteroatoms. The molecular weight excluding hydrogens is 176 g/mol. The summed E-state index contributed by atoms with van der Waals surface area (Å²) in [7, 11) is 1.15. The highest BCUT2D eigenvalue weighted by molar-refractivity contribution is 5.82. The summed E-state index contributed by atoms with van der Waals surface area (Å²) < 4.78 is 4.23. The Morgan fingerprint density at radius 2 is 2.15 bits per heavy atom. The van der Waals surface area contributed by atoms with Crippen molar-refractivity contribution >= 4 is 11.9 Å². The molecule has 0 aliphatic rings. The number of hydrogen-bond donors (Lipinski definition) is 3. The number of aliphatic hydroxyl groups excluding tert-OH is 1. The van der Waals surface area contributed by atoms with Crippen molar-refractivity contribution in [3.05, 3.63) is 0 Å². The predicted molar refractivity (Wildman–Crippen MR) is 44.7 cm³/mol. The number of rotatable bonds is 4. The molecule has 76 valence electrons. The second-order valence-corrected chi connectivity index (χ2v) is 2.57. The molecule has 0 rings (SSSR count). The molecule has 0 spiro atoms. The Kier molecular flexibility index (Phi) is 5.01. The number of methoxy groups -OCH3 is 1. The molecule has 0 heterocycles. The lowest BCUT2D eigenvalue weighted by Crippen LogP contribution is -2.43. The van der Waals surface area contributed by atoms with Crippen LogP contribution >= 0.6 is 0 Å². The number of ether oxygens (including phenoxy) is 1.